The summed E-state index contributed by atoms with van der Waals surface area (Å²) in [5, 5.41) is 0. The molecule has 0 atom stereocenters. The Morgan fingerprint density at radius 3 is 2.39 bits per heavy atom. The average molecular weight is 517 g/mol. The van der Waals surface area contributed by atoms with Crippen molar-refractivity contribution in [2.75, 3.05) is 39.9 Å². The number of ether oxygens (including phenoxy) is 2. The zero-order valence-electron chi connectivity index (χ0n) is 22.7. The van der Waals surface area contributed by atoms with E-state index in [1.165, 1.54) is 49.3 Å². The van der Waals surface area contributed by atoms with E-state index in [1.807, 2.05) is 12.1 Å². The maximum Gasteiger partial charge on any atom is 0.123 e. The molecule has 0 unspecified atom stereocenters. The van der Waals surface area contributed by atoms with Gasteiger partial charge in [0.15, 0.2) is 0 Å². The predicted octanol–water partition coefficient (Wildman–Crippen LogP) is 6.72. The molecule has 0 N–H and O–H groups in total. The lowest BCUT2D eigenvalue weighted by Crippen LogP contribution is -2.46. The van der Waals surface area contributed by atoms with E-state index in [1.54, 1.807) is 13.2 Å². The summed E-state index contributed by atoms with van der Waals surface area (Å²) in [6, 6.07) is 24.1. The Bertz CT molecular complexity index is 1160. The van der Waals surface area contributed by atoms with E-state index in [2.05, 4.69) is 58.3 Å². The first-order valence-electron chi connectivity index (χ1n) is 14.1. The van der Waals surface area contributed by atoms with Crippen molar-refractivity contribution in [3.05, 3.63) is 95.3 Å². The van der Waals surface area contributed by atoms with Gasteiger partial charge in [0.2, 0.25) is 0 Å². The first kappa shape index (κ1) is 26.7. The molecule has 0 aliphatic carbocycles. The minimum Gasteiger partial charge on any atom is -0.497 e. The molecule has 4 nitrogen and oxygen atoms in total. The second kappa shape index (κ2) is 12.8. The fourth-order valence-electron chi connectivity index (χ4n) is 6.20. The van der Waals surface area contributed by atoms with Gasteiger partial charge in [-0.05, 0) is 97.6 Å². The molecule has 0 saturated carbocycles. The van der Waals surface area contributed by atoms with E-state index in [4.69, 9.17) is 9.47 Å². The molecule has 1 spiro atoms. The van der Waals surface area contributed by atoms with Gasteiger partial charge in [0.1, 0.15) is 23.9 Å². The monoisotopic (exact) mass is 516 g/mol. The Hall–Kier alpha value is -2.89. The standard InChI is InChI=1S/C33H41FN2O2/c1-37-31-14-12-27(13-15-31)24-36-21-22-38-32-11-3-2-8-29(32)9-4-5-16-33(26-36)17-19-35(20-18-33)25-28-7-6-10-30(34)23-28/h2-3,6-8,10-15,23H,4-5,9,16-22,24-26H2,1H3. The molecule has 38 heavy (non-hydrogen) atoms. The van der Waals surface area contributed by atoms with Crippen molar-refractivity contribution in [3.8, 4) is 11.5 Å². The van der Waals surface area contributed by atoms with Gasteiger partial charge in [0.05, 0.1) is 7.11 Å². The van der Waals surface area contributed by atoms with Crippen LogP contribution in [0.25, 0.3) is 0 Å². The molecule has 1 saturated heterocycles. The number of benzene rings is 3. The third-order valence-electron chi connectivity index (χ3n) is 8.38. The Morgan fingerprint density at radius 2 is 1.61 bits per heavy atom. The fraction of sp³-hybridized carbons (Fsp3) is 0.455. The number of piperidine rings is 1. The summed E-state index contributed by atoms with van der Waals surface area (Å²) >= 11 is 0. The molecule has 0 bridgehead atoms. The predicted molar refractivity (Wildman–Crippen MR) is 151 cm³/mol. The molecule has 2 aliphatic heterocycles. The molecule has 2 aliphatic rings. The van der Waals surface area contributed by atoms with Crippen LogP contribution in [-0.2, 0) is 19.5 Å². The zero-order chi connectivity index (χ0) is 26.2. The molecule has 5 heteroatoms. The van der Waals surface area contributed by atoms with Gasteiger partial charge >= 0.3 is 0 Å². The van der Waals surface area contributed by atoms with Crippen LogP contribution in [-0.4, -0.2) is 49.7 Å². The fourth-order valence-corrected chi connectivity index (χ4v) is 6.20. The first-order chi connectivity index (χ1) is 18.6. The average Bonchev–Trinajstić information content (AvgIpc) is 2.93. The summed E-state index contributed by atoms with van der Waals surface area (Å²) < 4.78 is 25.4. The highest BCUT2D eigenvalue weighted by Crippen LogP contribution is 2.39. The highest BCUT2D eigenvalue weighted by Gasteiger charge is 2.36. The summed E-state index contributed by atoms with van der Waals surface area (Å²) in [6.45, 7) is 6.53. The summed E-state index contributed by atoms with van der Waals surface area (Å²) in [7, 11) is 1.71. The number of fused-ring (bicyclic) bond motifs is 1. The SMILES string of the molecule is COc1ccc(CN2CCOc3ccccc3CCCCC3(CCN(Cc4cccc(F)c4)CC3)C2)cc1. The third kappa shape index (κ3) is 7.15. The largest absolute Gasteiger partial charge is 0.497 e. The highest BCUT2D eigenvalue weighted by atomic mass is 19.1. The van der Waals surface area contributed by atoms with E-state index in [9.17, 15) is 4.39 Å². The molecule has 3 aromatic rings. The lowest BCUT2D eigenvalue weighted by atomic mass is 9.73. The second-order valence-corrected chi connectivity index (χ2v) is 11.1. The van der Waals surface area contributed by atoms with Crippen LogP contribution >= 0.6 is 0 Å². The zero-order valence-corrected chi connectivity index (χ0v) is 22.7. The number of para-hydroxylation sites is 1. The molecule has 0 aromatic heterocycles. The minimum atomic E-state index is -0.145. The molecule has 2 heterocycles. The molecular weight excluding hydrogens is 475 g/mol. The maximum atomic E-state index is 13.7. The minimum absolute atomic E-state index is 0.145. The van der Waals surface area contributed by atoms with Gasteiger partial charge in [-0.15, -0.1) is 0 Å². The summed E-state index contributed by atoms with van der Waals surface area (Å²) in [5.41, 5.74) is 3.99. The molecule has 202 valence electrons. The van der Waals surface area contributed by atoms with Crippen molar-refractivity contribution < 1.29 is 13.9 Å². The van der Waals surface area contributed by atoms with Gasteiger partial charge in [-0.2, -0.15) is 0 Å². The topological polar surface area (TPSA) is 24.9 Å². The lowest BCUT2D eigenvalue weighted by molar-refractivity contribution is 0.0409. The van der Waals surface area contributed by atoms with E-state index < -0.39 is 0 Å². The second-order valence-electron chi connectivity index (χ2n) is 11.1. The van der Waals surface area contributed by atoms with Crippen LogP contribution in [0.1, 0.15) is 48.8 Å². The van der Waals surface area contributed by atoms with E-state index in [0.717, 1.165) is 62.8 Å². The van der Waals surface area contributed by atoms with Crippen molar-refractivity contribution in [1.82, 2.24) is 9.80 Å². The van der Waals surface area contributed by atoms with Crippen LogP contribution < -0.4 is 9.47 Å². The number of halogens is 1. The first-order valence-corrected chi connectivity index (χ1v) is 14.1. The Kier molecular flexibility index (Phi) is 8.98. The van der Waals surface area contributed by atoms with Crippen LogP contribution in [0.5, 0.6) is 11.5 Å². The molecule has 1 fully saturated rings. The Labute approximate surface area is 227 Å². The van der Waals surface area contributed by atoms with Gasteiger partial charge in [0.25, 0.3) is 0 Å². The van der Waals surface area contributed by atoms with Gasteiger partial charge in [-0.1, -0.05) is 48.9 Å². The van der Waals surface area contributed by atoms with Gasteiger partial charge in [0, 0.05) is 26.2 Å². The van der Waals surface area contributed by atoms with Crippen molar-refractivity contribution >= 4 is 0 Å². The summed E-state index contributed by atoms with van der Waals surface area (Å²) in [6.07, 6.45) is 7.11. The quantitative estimate of drug-likeness (QED) is 0.376. The van der Waals surface area contributed by atoms with Crippen LogP contribution in [0, 0.1) is 11.2 Å². The molecule has 3 aromatic carbocycles. The van der Waals surface area contributed by atoms with E-state index >= 15 is 0 Å². The molecule has 0 amide bonds. The van der Waals surface area contributed by atoms with Crippen LogP contribution in [0.2, 0.25) is 0 Å². The summed E-state index contributed by atoms with van der Waals surface area (Å²) in [4.78, 5) is 5.11. The number of nitrogens with zero attached hydrogens (tertiary/aromatic N) is 2. The van der Waals surface area contributed by atoms with Crippen molar-refractivity contribution in [1.29, 1.82) is 0 Å². The number of rotatable bonds is 5. The molecular formula is C33H41FN2O2. The van der Waals surface area contributed by atoms with Crippen molar-refractivity contribution in [2.24, 2.45) is 5.41 Å². The number of methoxy groups -OCH3 is 1. The van der Waals surface area contributed by atoms with Crippen LogP contribution in [0.15, 0.2) is 72.8 Å². The van der Waals surface area contributed by atoms with Gasteiger partial charge < -0.3 is 9.47 Å². The normalized spacial score (nSPS) is 19.1. The third-order valence-corrected chi connectivity index (χ3v) is 8.38. The smallest absolute Gasteiger partial charge is 0.123 e. The Morgan fingerprint density at radius 1 is 0.816 bits per heavy atom. The molecule has 5 rings (SSSR count). The van der Waals surface area contributed by atoms with Crippen LogP contribution in [0.3, 0.4) is 0 Å². The number of aryl methyl sites for hydroxylation is 1. The van der Waals surface area contributed by atoms with E-state index in [-0.39, 0.29) is 5.82 Å². The van der Waals surface area contributed by atoms with Crippen LogP contribution in [0.4, 0.5) is 4.39 Å². The van der Waals surface area contributed by atoms with Crippen molar-refractivity contribution in [2.45, 2.75) is 51.6 Å². The molecule has 0 radical (unpaired) electrons. The van der Waals surface area contributed by atoms with Gasteiger partial charge in [-0.25, -0.2) is 4.39 Å². The highest BCUT2D eigenvalue weighted by molar-refractivity contribution is 5.33. The number of likely N-dealkylation sites (tertiary alicyclic amines) is 1. The summed E-state index contributed by atoms with van der Waals surface area (Å²) in [5.74, 6) is 1.79. The maximum absolute atomic E-state index is 13.7. The lowest BCUT2D eigenvalue weighted by Gasteiger charge is -2.45. The number of hydrogen-bond donors (Lipinski definition) is 0. The van der Waals surface area contributed by atoms with E-state index in [0.29, 0.717) is 12.0 Å². The van der Waals surface area contributed by atoms with Crippen molar-refractivity contribution in [3.63, 3.8) is 0 Å². The van der Waals surface area contributed by atoms with Gasteiger partial charge in [-0.3, -0.25) is 9.80 Å². The number of hydrogen-bond acceptors (Lipinski definition) is 4. The Balaban J connectivity index is 1.31.